The van der Waals surface area contributed by atoms with Gasteiger partial charge in [-0.05, 0) is 25.1 Å². The van der Waals surface area contributed by atoms with Gasteiger partial charge >= 0.3 is 0 Å². The largest absolute Gasteiger partial charge is 0.493 e. The molecule has 1 N–H and O–H groups in total. The molecule has 0 radical (unpaired) electrons. The van der Waals surface area contributed by atoms with Gasteiger partial charge in [0.25, 0.3) is 0 Å². The molecular weight excluding hydrogens is 250 g/mol. The fourth-order valence-electron chi connectivity index (χ4n) is 2.40. The number of ether oxygens (including phenoxy) is 2. The molecule has 3 heteroatoms. The molecule has 0 heterocycles. The molecule has 2 rings (SSSR count). The second-order valence-electron chi connectivity index (χ2n) is 4.61. The minimum absolute atomic E-state index is 0.183. The number of nitrogens with one attached hydrogen (secondary N) is 1. The van der Waals surface area contributed by atoms with Gasteiger partial charge in [0.2, 0.25) is 0 Å². The van der Waals surface area contributed by atoms with Crippen LogP contribution in [0.5, 0.6) is 11.5 Å². The number of methoxy groups -OCH3 is 2. The molecule has 3 nitrogen and oxygen atoms in total. The molecule has 0 amide bonds. The minimum atomic E-state index is 0.183. The van der Waals surface area contributed by atoms with E-state index in [2.05, 4.69) is 35.6 Å². The van der Waals surface area contributed by atoms with Gasteiger partial charge in [0.15, 0.2) is 11.5 Å². The maximum Gasteiger partial charge on any atom is 0.165 e. The van der Waals surface area contributed by atoms with Gasteiger partial charge in [-0.15, -0.1) is 0 Å². The van der Waals surface area contributed by atoms with Crippen molar-refractivity contribution in [3.63, 3.8) is 0 Å². The number of hydrogen-bond donors (Lipinski definition) is 1. The molecule has 0 aromatic heterocycles. The van der Waals surface area contributed by atoms with Gasteiger partial charge in [-0.1, -0.05) is 42.5 Å². The summed E-state index contributed by atoms with van der Waals surface area (Å²) in [7, 11) is 5.30. The lowest BCUT2D eigenvalue weighted by Crippen LogP contribution is -2.19. The lowest BCUT2D eigenvalue weighted by atomic mass is 9.98. The van der Waals surface area contributed by atoms with Crippen molar-refractivity contribution in [3.8, 4) is 11.5 Å². The van der Waals surface area contributed by atoms with Gasteiger partial charge in [0.1, 0.15) is 0 Å². The second-order valence-corrected chi connectivity index (χ2v) is 4.61. The standard InChI is InChI=1S/C17H21NO2/c1-18-15(12-13-8-5-4-6-9-13)14-10-7-11-16(19-2)17(14)20-3/h4-11,15,18H,12H2,1-3H3/t15-/m0/s1. The number of para-hydroxylation sites is 1. The number of likely N-dealkylation sites (N-methyl/N-ethyl adjacent to an activating group) is 1. The van der Waals surface area contributed by atoms with Crippen LogP contribution in [0.4, 0.5) is 0 Å². The van der Waals surface area contributed by atoms with Crippen molar-refractivity contribution in [2.45, 2.75) is 12.5 Å². The topological polar surface area (TPSA) is 30.5 Å². The monoisotopic (exact) mass is 271 g/mol. The Kier molecular flexibility index (Phi) is 5.02. The van der Waals surface area contributed by atoms with E-state index in [1.807, 2.05) is 25.2 Å². The summed E-state index contributed by atoms with van der Waals surface area (Å²) >= 11 is 0. The average Bonchev–Trinajstić information content (AvgIpc) is 2.52. The number of hydrogen-bond acceptors (Lipinski definition) is 3. The second kappa shape index (κ2) is 6.96. The van der Waals surface area contributed by atoms with Crippen LogP contribution in [0.3, 0.4) is 0 Å². The van der Waals surface area contributed by atoms with Gasteiger partial charge in [-0.25, -0.2) is 0 Å². The summed E-state index contributed by atoms with van der Waals surface area (Å²) in [5, 5.41) is 3.36. The van der Waals surface area contributed by atoms with Crippen LogP contribution in [0.2, 0.25) is 0 Å². The zero-order chi connectivity index (χ0) is 14.4. The summed E-state index contributed by atoms with van der Waals surface area (Å²) in [6.45, 7) is 0. The minimum Gasteiger partial charge on any atom is -0.493 e. The summed E-state index contributed by atoms with van der Waals surface area (Å²) in [6.07, 6.45) is 0.904. The van der Waals surface area contributed by atoms with Gasteiger partial charge in [-0.3, -0.25) is 0 Å². The molecule has 0 saturated carbocycles. The molecule has 2 aromatic rings. The Bertz CT molecular complexity index is 540. The van der Waals surface area contributed by atoms with E-state index >= 15 is 0 Å². The predicted octanol–water partition coefficient (Wildman–Crippen LogP) is 3.21. The highest BCUT2D eigenvalue weighted by molar-refractivity contribution is 5.48. The van der Waals surface area contributed by atoms with Crippen LogP contribution in [0.25, 0.3) is 0 Å². The van der Waals surface area contributed by atoms with Gasteiger partial charge < -0.3 is 14.8 Å². The first-order chi connectivity index (χ1) is 9.80. The third-order valence-corrected chi connectivity index (χ3v) is 3.44. The molecule has 0 aliphatic carbocycles. The van der Waals surface area contributed by atoms with Crippen LogP contribution in [0.1, 0.15) is 17.2 Å². The van der Waals surface area contributed by atoms with E-state index in [-0.39, 0.29) is 6.04 Å². The van der Waals surface area contributed by atoms with Crippen molar-refractivity contribution < 1.29 is 9.47 Å². The van der Waals surface area contributed by atoms with Crippen LogP contribution in [0, 0.1) is 0 Å². The fraction of sp³-hybridized carbons (Fsp3) is 0.294. The summed E-state index contributed by atoms with van der Waals surface area (Å²) in [6, 6.07) is 16.6. The quantitative estimate of drug-likeness (QED) is 0.875. The molecule has 0 aliphatic rings. The Labute approximate surface area is 120 Å². The lowest BCUT2D eigenvalue weighted by Gasteiger charge is -2.21. The molecular formula is C17H21NO2. The maximum absolute atomic E-state index is 5.52. The SMILES string of the molecule is CN[C@@H](Cc1ccccc1)c1cccc(OC)c1OC. The lowest BCUT2D eigenvalue weighted by molar-refractivity contribution is 0.347. The first-order valence-corrected chi connectivity index (χ1v) is 6.72. The van der Waals surface area contributed by atoms with Crippen LogP contribution in [0.15, 0.2) is 48.5 Å². The van der Waals surface area contributed by atoms with Gasteiger partial charge in [-0.2, -0.15) is 0 Å². The Morgan fingerprint density at radius 3 is 2.30 bits per heavy atom. The van der Waals surface area contributed by atoms with Crippen molar-refractivity contribution in [2.75, 3.05) is 21.3 Å². The molecule has 0 aliphatic heterocycles. The molecule has 0 spiro atoms. The summed E-state index contributed by atoms with van der Waals surface area (Å²) in [5.74, 6) is 1.56. The van der Waals surface area contributed by atoms with Crippen LogP contribution < -0.4 is 14.8 Å². The molecule has 1 atom stereocenters. The van der Waals surface area contributed by atoms with E-state index in [0.29, 0.717) is 0 Å². The Balaban J connectivity index is 2.32. The smallest absolute Gasteiger partial charge is 0.165 e. The van der Waals surface area contributed by atoms with Crippen molar-refractivity contribution in [1.82, 2.24) is 5.32 Å². The molecule has 2 aromatic carbocycles. The zero-order valence-corrected chi connectivity index (χ0v) is 12.2. The van der Waals surface area contributed by atoms with E-state index in [4.69, 9.17) is 9.47 Å². The molecule has 106 valence electrons. The van der Waals surface area contributed by atoms with E-state index in [9.17, 15) is 0 Å². The normalized spacial score (nSPS) is 11.9. The van der Waals surface area contributed by atoms with Crippen LogP contribution in [-0.2, 0) is 6.42 Å². The van der Waals surface area contributed by atoms with Crippen LogP contribution >= 0.6 is 0 Å². The van der Waals surface area contributed by atoms with Crippen LogP contribution in [-0.4, -0.2) is 21.3 Å². The molecule has 0 fully saturated rings. The summed E-state index contributed by atoms with van der Waals surface area (Å²) in [5.41, 5.74) is 2.40. The van der Waals surface area contributed by atoms with Crippen molar-refractivity contribution in [2.24, 2.45) is 0 Å². The van der Waals surface area contributed by atoms with Crippen molar-refractivity contribution in [1.29, 1.82) is 0 Å². The maximum atomic E-state index is 5.52. The molecule has 0 bridgehead atoms. The third-order valence-electron chi connectivity index (χ3n) is 3.44. The van der Waals surface area contributed by atoms with E-state index in [1.165, 1.54) is 5.56 Å². The highest BCUT2D eigenvalue weighted by Crippen LogP contribution is 2.35. The van der Waals surface area contributed by atoms with E-state index in [1.54, 1.807) is 14.2 Å². The first-order valence-electron chi connectivity index (χ1n) is 6.72. The van der Waals surface area contributed by atoms with Crippen molar-refractivity contribution >= 4 is 0 Å². The molecule has 20 heavy (non-hydrogen) atoms. The number of benzene rings is 2. The predicted molar refractivity (Wildman–Crippen MR) is 81.5 cm³/mol. The summed E-state index contributed by atoms with van der Waals surface area (Å²) in [4.78, 5) is 0. The average molecular weight is 271 g/mol. The molecule has 0 unspecified atom stereocenters. The van der Waals surface area contributed by atoms with Crippen molar-refractivity contribution in [3.05, 3.63) is 59.7 Å². The Morgan fingerprint density at radius 2 is 1.70 bits per heavy atom. The highest BCUT2D eigenvalue weighted by atomic mass is 16.5. The van der Waals surface area contributed by atoms with E-state index < -0.39 is 0 Å². The molecule has 0 saturated heterocycles. The first kappa shape index (κ1) is 14.4. The number of rotatable bonds is 6. The summed E-state index contributed by atoms with van der Waals surface area (Å²) < 4.78 is 10.9. The Hall–Kier alpha value is -2.00. The van der Waals surface area contributed by atoms with E-state index in [0.717, 1.165) is 23.5 Å². The van der Waals surface area contributed by atoms with Gasteiger partial charge in [0, 0.05) is 11.6 Å². The highest BCUT2D eigenvalue weighted by Gasteiger charge is 2.18. The zero-order valence-electron chi connectivity index (χ0n) is 12.2. The fourth-order valence-corrected chi connectivity index (χ4v) is 2.40. The Morgan fingerprint density at radius 1 is 0.950 bits per heavy atom. The third kappa shape index (κ3) is 3.11. The van der Waals surface area contributed by atoms with Gasteiger partial charge in [0.05, 0.1) is 14.2 Å².